The van der Waals surface area contributed by atoms with E-state index in [1.807, 2.05) is 0 Å². The molecule has 0 spiro atoms. The van der Waals surface area contributed by atoms with E-state index in [4.69, 9.17) is 0 Å². The summed E-state index contributed by atoms with van der Waals surface area (Å²) in [5, 5.41) is 9.32. The summed E-state index contributed by atoms with van der Waals surface area (Å²) in [6.07, 6.45) is 2.24. The van der Waals surface area contributed by atoms with Gasteiger partial charge in [-0.1, -0.05) is 12.1 Å². The van der Waals surface area contributed by atoms with Crippen molar-refractivity contribution in [3.8, 4) is 5.75 Å². The summed E-state index contributed by atoms with van der Waals surface area (Å²) in [5.41, 5.74) is 0.621. The maximum absolute atomic E-state index is 10.2. The van der Waals surface area contributed by atoms with Crippen molar-refractivity contribution in [2.75, 3.05) is 0 Å². The molecule has 1 N–H and O–H groups in total. The van der Waals surface area contributed by atoms with Gasteiger partial charge >= 0.3 is 0 Å². The molecule has 1 atom stereocenters. The number of hydrogen-bond donors (Lipinski definition) is 1. The van der Waals surface area contributed by atoms with Gasteiger partial charge in [0, 0.05) is 11.8 Å². The number of carbonyl (C=O) groups excluding carboxylic acids is 1. The van der Waals surface area contributed by atoms with Gasteiger partial charge < -0.3 is 9.90 Å². The second-order valence-corrected chi connectivity index (χ2v) is 2.71. The van der Waals surface area contributed by atoms with Crippen LogP contribution in [0, 0.1) is 0 Å². The molecule has 1 unspecified atom stereocenters. The first-order chi connectivity index (χ1) is 6.24. The van der Waals surface area contributed by atoms with Crippen LogP contribution in [0.3, 0.4) is 0 Å². The predicted octanol–water partition coefficient (Wildman–Crippen LogP) is 1.40. The van der Waals surface area contributed by atoms with Crippen LogP contribution in [0.5, 0.6) is 5.75 Å². The molecule has 3 heteroatoms. The lowest BCUT2D eigenvalue weighted by atomic mass is 10.2. The maximum atomic E-state index is 10.2. The zero-order valence-electron chi connectivity index (χ0n) is 7.34. The number of aromatic hydroxyl groups is 1. The second kappa shape index (κ2) is 4.40. The van der Waals surface area contributed by atoms with Gasteiger partial charge in [0.1, 0.15) is 18.1 Å². The minimum absolute atomic E-state index is 0.171. The molecule has 0 saturated carbocycles. The van der Waals surface area contributed by atoms with Crippen LogP contribution in [-0.2, 0) is 4.79 Å². The van der Waals surface area contributed by atoms with Gasteiger partial charge in [-0.25, -0.2) is 0 Å². The molecule has 68 valence electrons. The fraction of sp³-hybridized carbons (Fsp3) is 0.200. The van der Waals surface area contributed by atoms with Crippen LogP contribution < -0.4 is 0 Å². The summed E-state index contributed by atoms with van der Waals surface area (Å²) in [6, 6.07) is 6.48. The van der Waals surface area contributed by atoms with Crippen LogP contribution in [-0.4, -0.2) is 23.6 Å². The first-order valence-electron chi connectivity index (χ1n) is 4.00. The van der Waals surface area contributed by atoms with E-state index in [-0.39, 0.29) is 11.8 Å². The number of para-hydroxylation sites is 1. The van der Waals surface area contributed by atoms with Crippen molar-refractivity contribution < 1.29 is 9.90 Å². The molecule has 0 aliphatic carbocycles. The van der Waals surface area contributed by atoms with Gasteiger partial charge in [-0.2, -0.15) is 0 Å². The summed E-state index contributed by atoms with van der Waals surface area (Å²) in [7, 11) is 0. The van der Waals surface area contributed by atoms with Gasteiger partial charge in [0.05, 0.1) is 0 Å². The Kier molecular flexibility index (Phi) is 3.20. The maximum Gasteiger partial charge on any atom is 0.144 e. The Morgan fingerprint density at radius 3 is 2.77 bits per heavy atom. The average molecular weight is 177 g/mol. The highest BCUT2D eigenvalue weighted by atomic mass is 16.3. The van der Waals surface area contributed by atoms with E-state index in [0.29, 0.717) is 5.56 Å². The third-order valence-electron chi connectivity index (χ3n) is 1.58. The Bertz CT molecular complexity index is 320. The van der Waals surface area contributed by atoms with Crippen LogP contribution in [0.15, 0.2) is 29.3 Å². The molecule has 13 heavy (non-hydrogen) atoms. The summed E-state index contributed by atoms with van der Waals surface area (Å²) in [6.45, 7) is 1.68. The topological polar surface area (TPSA) is 49.7 Å². The Hall–Kier alpha value is -1.64. The molecule has 0 amide bonds. The summed E-state index contributed by atoms with van der Waals surface area (Å²) < 4.78 is 0. The quantitative estimate of drug-likeness (QED) is 0.560. The largest absolute Gasteiger partial charge is 0.507 e. The standard InChI is InChI=1S/C10H11NO2/c1-8(7-12)11-6-9-4-2-3-5-10(9)13/h2-8,13H,1H3. The number of aldehydes is 1. The first-order valence-corrected chi connectivity index (χ1v) is 4.00. The number of benzene rings is 1. The Morgan fingerprint density at radius 2 is 2.15 bits per heavy atom. The molecule has 1 rings (SSSR count). The molecule has 1 aromatic carbocycles. The van der Waals surface area contributed by atoms with Crippen molar-refractivity contribution in [1.82, 2.24) is 0 Å². The van der Waals surface area contributed by atoms with E-state index >= 15 is 0 Å². The Balaban J connectivity index is 2.79. The number of phenolic OH excluding ortho intramolecular Hbond substituents is 1. The predicted molar refractivity (Wildman–Crippen MR) is 51.2 cm³/mol. The minimum Gasteiger partial charge on any atom is -0.507 e. The highest BCUT2D eigenvalue weighted by Gasteiger charge is 1.96. The molecule has 0 fully saturated rings. The fourth-order valence-electron chi connectivity index (χ4n) is 0.830. The van der Waals surface area contributed by atoms with Crippen molar-refractivity contribution in [2.45, 2.75) is 13.0 Å². The number of nitrogens with zero attached hydrogens (tertiary/aromatic N) is 1. The van der Waals surface area contributed by atoms with Crippen LogP contribution in [0.4, 0.5) is 0 Å². The molecule has 0 radical (unpaired) electrons. The van der Waals surface area contributed by atoms with Crippen LogP contribution in [0.1, 0.15) is 12.5 Å². The normalized spacial score (nSPS) is 13.0. The Morgan fingerprint density at radius 1 is 1.46 bits per heavy atom. The van der Waals surface area contributed by atoms with Crippen molar-refractivity contribution in [3.05, 3.63) is 29.8 Å². The van der Waals surface area contributed by atoms with E-state index in [2.05, 4.69) is 4.99 Å². The molecule has 1 aromatic rings. The highest BCUT2D eigenvalue weighted by molar-refractivity contribution is 5.84. The van der Waals surface area contributed by atoms with Crippen LogP contribution in [0.25, 0.3) is 0 Å². The highest BCUT2D eigenvalue weighted by Crippen LogP contribution is 2.12. The molecule has 0 saturated heterocycles. The average Bonchev–Trinajstić information content (AvgIpc) is 2.16. The lowest BCUT2D eigenvalue weighted by molar-refractivity contribution is -0.108. The minimum atomic E-state index is -0.361. The van der Waals surface area contributed by atoms with E-state index < -0.39 is 0 Å². The van der Waals surface area contributed by atoms with Gasteiger partial charge in [0.15, 0.2) is 0 Å². The van der Waals surface area contributed by atoms with Gasteiger partial charge in [-0.05, 0) is 19.1 Å². The fourth-order valence-corrected chi connectivity index (χ4v) is 0.830. The molecule has 0 aliphatic rings. The molecule has 0 aromatic heterocycles. The number of aliphatic imine (C=N–C) groups is 1. The van der Waals surface area contributed by atoms with Crippen molar-refractivity contribution >= 4 is 12.5 Å². The van der Waals surface area contributed by atoms with Gasteiger partial charge in [-0.15, -0.1) is 0 Å². The van der Waals surface area contributed by atoms with E-state index in [0.717, 1.165) is 6.29 Å². The van der Waals surface area contributed by atoms with Crippen molar-refractivity contribution in [3.63, 3.8) is 0 Å². The lowest BCUT2D eigenvalue weighted by Crippen LogP contribution is -1.98. The molecule has 3 nitrogen and oxygen atoms in total. The molecule has 0 bridgehead atoms. The molecular weight excluding hydrogens is 166 g/mol. The lowest BCUT2D eigenvalue weighted by Gasteiger charge is -1.97. The van der Waals surface area contributed by atoms with Gasteiger partial charge in [0.25, 0.3) is 0 Å². The molecule has 0 aliphatic heterocycles. The second-order valence-electron chi connectivity index (χ2n) is 2.71. The number of rotatable bonds is 3. The van der Waals surface area contributed by atoms with E-state index in [9.17, 15) is 9.90 Å². The Labute approximate surface area is 76.7 Å². The summed E-state index contributed by atoms with van der Waals surface area (Å²) in [4.78, 5) is 14.2. The number of carbonyl (C=O) groups is 1. The monoisotopic (exact) mass is 177 g/mol. The van der Waals surface area contributed by atoms with E-state index in [1.54, 1.807) is 31.2 Å². The summed E-state index contributed by atoms with van der Waals surface area (Å²) >= 11 is 0. The zero-order chi connectivity index (χ0) is 9.68. The van der Waals surface area contributed by atoms with Crippen molar-refractivity contribution in [1.29, 1.82) is 0 Å². The first kappa shape index (κ1) is 9.45. The smallest absolute Gasteiger partial charge is 0.144 e. The number of phenols is 1. The molecule has 0 heterocycles. The molecular formula is C10H11NO2. The zero-order valence-corrected chi connectivity index (χ0v) is 7.34. The third kappa shape index (κ3) is 2.71. The van der Waals surface area contributed by atoms with Gasteiger partial charge in [0.2, 0.25) is 0 Å². The SMILES string of the molecule is CC(C=O)N=Cc1ccccc1O. The number of hydrogen-bond acceptors (Lipinski definition) is 3. The van der Waals surface area contributed by atoms with Crippen molar-refractivity contribution in [2.24, 2.45) is 4.99 Å². The van der Waals surface area contributed by atoms with E-state index in [1.165, 1.54) is 6.21 Å². The van der Waals surface area contributed by atoms with Crippen LogP contribution in [0.2, 0.25) is 0 Å². The van der Waals surface area contributed by atoms with Gasteiger partial charge in [-0.3, -0.25) is 4.99 Å². The third-order valence-corrected chi connectivity index (χ3v) is 1.58. The summed E-state index contributed by atoms with van der Waals surface area (Å²) in [5.74, 6) is 0.171. The van der Waals surface area contributed by atoms with Crippen LogP contribution >= 0.6 is 0 Å².